The van der Waals surface area contributed by atoms with Crippen molar-refractivity contribution < 1.29 is 0 Å². The highest BCUT2D eigenvalue weighted by Gasteiger charge is 2.17. The van der Waals surface area contributed by atoms with Gasteiger partial charge in [-0.2, -0.15) is 5.10 Å². The van der Waals surface area contributed by atoms with Crippen molar-refractivity contribution in [3.63, 3.8) is 0 Å². The number of para-hydroxylation sites is 1. The van der Waals surface area contributed by atoms with E-state index in [4.69, 9.17) is 10.1 Å². The molecule has 5 rings (SSSR count). The molecule has 26 heavy (non-hydrogen) atoms. The van der Waals surface area contributed by atoms with Crippen LogP contribution in [0, 0.1) is 6.92 Å². The van der Waals surface area contributed by atoms with Gasteiger partial charge in [-0.1, -0.05) is 60.2 Å². The largest absolute Gasteiger partial charge is 0.255 e. The fourth-order valence-electron chi connectivity index (χ4n) is 3.47. The number of hydrogen-bond donors (Lipinski definition) is 0. The van der Waals surface area contributed by atoms with Crippen molar-refractivity contribution in [2.24, 2.45) is 0 Å². The molecule has 3 aromatic carbocycles. The maximum Gasteiger partial charge on any atom is 0.104 e. The van der Waals surface area contributed by atoms with Gasteiger partial charge in [-0.15, -0.1) is 0 Å². The Morgan fingerprint density at radius 3 is 2.27 bits per heavy atom. The van der Waals surface area contributed by atoms with Gasteiger partial charge < -0.3 is 0 Å². The Labute approximate surface area is 151 Å². The van der Waals surface area contributed by atoms with Crippen LogP contribution >= 0.6 is 0 Å². The third-order valence-corrected chi connectivity index (χ3v) is 4.71. The standard InChI is InChI=1S/C23H17N3/c1-16-12-13-21-19(14-16)22-20(15-24-21)23(17-8-4-2-5-9-17)26(25-22)18-10-6-3-7-11-18/h2-15H,1H3. The molecule has 0 aliphatic rings. The number of hydrogen-bond acceptors (Lipinski definition) is 2. The van der Waals surface area contributed by atoms with Crippen LogP contribution in [0.2, 0.25) is 0 Å². The first-order valence-corrected chi connectivity index (χ1v) is 8.70. The normalized spacial score (nSPS) is 11.3. The van der Waals surface area contributed by atoms with Gasteiger partial charge >= 0.3 is 0 Å². The number of pyridine rings is 1. The quantitative estimate of drug-likeness (QED) is 0.423. The lowest BCUT2D eigenvalue weighted by Gasteiger charge is -2.07. The van der Waals surface area contributed by atoms with Gasteiger partial charge in [-0.25, -0.2) is 4.68 Å². The van der Waals surface area contributed by atoms with E-state index in [1.807, 2.05) is 35.1 Å². The Morgan fingerprint density at radius 2 is 1.50 bits per heavy atom. The van der Waals surface area contributed by atoms with E-state index in [2.05, 4.69) is 61.5 Å². The SMILES string of the molecule is Cc1ccc2ncc3c(-c4ccccc4)n(-c4ccccc4)nc3c2c1. The second kappa shape index (κ2) is 5.81. The number of rotatable bonds is 2. The Hall–Kier alpha value is -3.46. The molecule has 0 amide bonds. The van der Waals surface area contributed by atoms with E-state index in [0.717, 1.165) is 38.8 Å². The van der Waals surface area contributed by atoms with Gasteiger partial charge in [-0.05, 0) is 31.2 Å². The van der Waals surface area contributed by atoms with Gasteiger partial charge in [0, 0.05) is 22.5 Å². The summed E-state index contributed by atoms with van der Waals surface area (Å²) in [6.07, 6.45) is 1.95. The van der Waals surface area contributed by atoms with Crippen LogP contribution in [-0.4, -0.2) is 14.8 Å². The average molecular weight is 335 g/mol. The molecule has 2 heterocycles. The first kappa shape index (κ1) is 14.8. The molecule has 0 fully saturated rings. The number of aromatic nitrogens is 3. The monoisotopic (exact) mass is 335 g/mol. The summed E-state index contributed by atoms with van der Waals surface area (Å²) in [6.45, 7) is 2.10. The van der Waals surface area contributed by atoms with Crippen LogP contribution in [0.4, 0.5) is 0 Å². The first-order valence-electron chi connectivity index (χ1n) is 8.70. The number of aryl methyl sites for hydroxylation is 1. The molecule has 3 nitrogen and oxygen atoms in total. The van der Waals surface area contributed by atoms with Crippen LogP contribution < -0.4 is 0 Å². The molecule has 0 radical (unpaired) electrons. The van der Waals surface area contributed by atoms with E-state index in [0.29, 0.717) is 0 Å². The van der Waals surface area contributed by atoms with Gasteiger partial charge in [-0.3, -0.25) is 4.98 Å². The van der Waals surface area contributed by atoms with Crippen LogP contribution in [0.5, 0.6) is 0 Å². The summed E-state index contributed by atoms with van der Waals surface area (Å²) in [5, 5.41) is 7.16. The van der Waals surface area contributed by atoms with Gasteiger partial charge in [0.15, 0.2) is 0 Å². The lowest BCUT2D eigenvalue weighted by molar-refractivity contribution is 0.905. The van der Waals surface area contributed by atoms with E-state index in [9.17, 15) is 0 Å². The molecular weight excluding hydrogens is 318 g/mol. The predicted molar refractivity (Wildman–Crippen MR) is 107 cm³/mol. The van der Waals surface area contributed by atoms with Gasteiger partial charge in [0.1, 0.15) is 5.52 Å². The minimum Gasteiger partial charge on any atom is -0.255 e. The minimum atomic E-state index is 0.973. The molecule has 0 spiro atoms. The summed E-state index contributed by atoms with van der Waals surface area (Å²) in [5.74, 6) is 0. The molecule has 0 saturated heterocycles. The molecular formula is C23H17N3. The van der Waals surface area contributed by atoms with E-state index >= 15 is 0 Å². The van der Waals surface area contributed by atoms with Crippen LogP contribution in [0.25, 0.3) is 38.8 Å². The molecule has 2 aromatic heterocycles. The lowest BCUT2D eigenvalue weighted by Crippen LogP contribution is -1.98. The zero-order valence-corrected chi connectivity index (χ0v) is 14.4. The summed E-state index contributed by atoms with van der Waals surface area (Å²) in [7, 11) is 0. The fourth-order valence-corrected chi connectivity index (χ4v) is 3.47. The van der Waals surface area contributed by atoms with E-state index in [1.165, 1.54) is 5.56 Å². The highest BCUT2D eigenvalue weighted by Crippen LogP contribution is 2.34. The van der Waals surface area contributed by atoms with Crippen molar-refractivity contribution >= 4 is 21.8 Å². The van der Waals surface area contributed by atoms with E-state index in [1.54, 1.807) is 0 Å². The fraction of sp³-hybridized carbons (Fsp3) is 0.0435. The molecule has 3 heteroatoms. The smallest absolute Gasteiger partial charge is 0.104 e. The lowest BCUT2D eigenvalue weighted by atomic mass is 10.1. The van der Waals surface area contributed by atoms with Crippen LogP contribution in [0.1, 0.15) is 5.56 Å². The van der Waals surface area contributed by atoms with Gasteiger partial charge in [0.05, 0.1) is 16.9 Å². The molecule has 5 aromatic rings. The van der Waals surface area contributed by atoms with Crippen molar-refractivity contribution in [1.82, 2.24) is 14.8 Å². The summed E-state index contributed by atoms with van der Waals surface area (Å²) in [5.41, 5.74) is 6.42. The number of fused-ring (bicyclic) bond motifs is 3. The molecule has 0 bridgehead atoms. The molecule has 0 atom stereocenters. The summed E-state index contributed by atoms with van der Waals surface area (Å²) >= 11 is 0. The zero-order chi connectivity index (χ0) is 17.5. The molecule has 0 aliphatic carbocycles. The van der Waals surface area contributed by atoms with Crippen LogP contribution in [0.15, 0.2) is 85.1 Å². The zero-order valence-electron chi connectivity index (χ0n) is 14.4. The average Bonchev–Trinajstić information content (AvgIpc) is 3.09. The van der Waals surface area contributed by atoms with Crippen molar-refractivity contribution in [2.45, 2.75) is 6.92 Å². The number of nitrogens with zero attached hydrogens (tertiary/aromatic N) is 3. The van der Waals surface area contributed by atoms with E-state index in [-0.39, 0.29) is 0 Å². The molecule has 0 N–H and O–H groups in total. The van der Waals surface area contributed by atoms with Gasteiger partial charge in [0.2, 0.25) is 0 Å². The van der Waals surface area contributed by atoms with Crippen molar-refractivity contribution in [3.8, 4) is 16.9 Å². The molecule has 0 saturated carbocycles. The third kappa shape index (κ3) is 2.29. The van der Waals surface area contributed by atoms with Crippen molar-refractivity contribution in [3.05, 3.63) is 90.6 Å². The molecule has 0 unspecified atom stereocenters. The Morgan fingerprint density at radius 1 is 0.769 bits per heavy atom. The molecule has 124 valence electrons. The Balaban J connectivity index is 1.93. The van der Waals surface area contributed by atoms with Crippen LogP contribution in [-0.2, 0) is 0 Å². The highest BCUT2D eigenvalue weighted by atomic mass is 15.3. The third-order valence-electron chi connectivity index (χ3n) is 4.71. The van der Waals surface area contributed by atoms with E-state index < -0.39 is 0 Å². The highest BCUT2D eigenvalue weighted by molar-refractivity contribution is 6.08. The molecule has 0 aliphatic heterocycles. The topological polar surface area (TPSA) is 30.7 Å². The first-order chi connectivity index (χ1) is 12.8. The second-order valence-electron chi connectivity index (χ2n) is 6.50. The maximum atomic E-state index is 5.01. The van der Waals surface area contributed by atoms with Crippen molar-refractivity contribution in [1.29, 1.82) is 0 Å². The maximum absolute atomic E-state index is 5.01. The summed E-state index contributed by atoms with van der Waals surface area (Å²) < 4.78 is 2.03. The Kier molecular flexibility index (Phi) is 3.32. The predicted octanol–water partition coefficient (Wildman–Crippen LogP) is 5.55. The van der Waals surface area contributed by atoms with Gasteiger partial charge in [0.25, 0.3) is 0 Å². The summed E-state index contributed by atoms with van der Waals surface area (Å²) in [4.78, 5) is 4.69. The van der Waals surface area contributed by atoms with Crippen molar-refractivity contribution in [2.75, 3.05) is 0 Å². The minimum absolute atomic E-state index is 0.973. The second-order valence-corrected chi connectivity index (χ2v) is 6.50. The Bertz CT molecular complexity index is 1220. The van der Waals surface area contributed by atoms with Crippen LogP contribution in [0.3, 0.4) is 0 Å². The number of benzene rings is 3. The summed E-state index contributed by atoms with van der Waals surface area (Å²) in [6, 6.07) is 27.0.